The molecule has 3 N–H and O–H groups in total. The van der Waals surface area contributed by atoms with Gasteiger partial charge in [-0.25, -0.2) is 0 Å². The van der Waals surface area contributed by atoms with Gasteiger partial charge < -0.3 is 15.5 Å². The van der Waals surface area contributed by atoms with Gasteiger partial charge in [-0.05, 0) is 31.4 Å². The second-order valence-corrected chi connectivity index (χ2v) is 5.83. The smallest absolute Gasteiger partial charge is 0.259 e. The molecule has 0 saturated heterocycles. The zero-order valence-electron chi connectivity index (χ0n) is 14.0. The second-order valence-electron chi connectivity index (χ2n) is 5.83. The molecular formula is C16H21N7O. The first-order valence-electron chi connectivity index (χ1n) is 7.90. The maximum atomic E-state index is 6.00. The molecule has 0 bridgehead atoms. The van der Waals surface area contributed by atoms with E-state index in [4.69, 9.17) is 10.2 Å². The maximum absolute atomic E-state index is 6.00. The summed E-state index contributed by atoms with van der Waals surface area (Å²) in [5.41, 5.74) is 6.00. The number of nitrogens with two attached hydrogens (primary N) is 1. The number of hydrogen-bond donors (Lipinski definition) is 2. The molecule has 0 saturated carbocycles. The van der Waals surface area contributed by atoms with Crippen molar-refractivity contribution in [3.05, 3.63) is 30.5 Å². The summed E-state index contributed by atoms with van der Waals surface area (Å²) in [5, 5.41) is 7.61. The van der Waals surface area contributed by atoms with Crippen LogP contribution in [0.2, 0.25) is 0 Å². The van der Waals surface area contributed by atoms with E-state index in [-0.39, 0.29) is 12.0 Å². The Kier molecular flexibility index (Phi) is 4.45. The van der Waals surface area contributed by atoms with Crippen LogP contribution in [-0.4, -0.2) is 30.6 Å². The fourth-order valence-electron chi connectivity index (χ4n) is 2.33. The molecule has 24 heavy (non-hydrogen) atoms. The number of furan rings is 1. The van der Waals surface area contributed by atoms with Crippen LogP contribution >= 0.6 is 0 Å². The highest BCUT2D eigenvalue weighted by molar-refractivity contribution is 5.52. The molecule has 3 heterocycles. The van der Waals surface area contributed by atoms with Gasteiger partial charge >= 0.3 is 0 Å². The largest absolute Gasteiger partial charge is 0.461 e. The summed E-state index contributed by atoms with van der Waals surface area (Å²) in [6, 6.07) is 3.76. The lowest BCUT2D eigenvalue weighted by Gasteiger charge is -2.20. The number of rotatable bonds is 6. The minimum absolute atomic E-state index is 0.204. The molecule has 8 heteroatoms. The second kappa shape index (κ2) is 6.69. The quantitative estimate of drug-likeness (QED) is 0.670. The van der Waals surface area contributed by atoms with E-state index in [9.17, 15) is 0 Å². The van der Waals surface area contributed by atoms with E-state index in [2.05, 4.69) is 45.3 Å². The molecule has 3 rings (SSSR count). The van der Waals surface area contributed by atoms with Crippen LogP contribution in [0, 0.1) is 5.92 Å². The average Bonchev–Trinajstić information content (AvgIpc) is 3.19. The Bertz CT molecular complexity index is 836. The van der Waals surface area contributed by atoms with Crippen molar-refractivity contribution < 1.29 is 4.42 Å². The highest BCUT2D eigenvalue weighted by atomic mass is 16.3. The van der Waals surface area contributed by atoms with Crippen LogP contribution in [-0.2, 0) is 0 Å². The van der Waals surface area contributed by atoms with Gasteiger partial charge in [0.15, 0.2) is 5.76 Å². The molecule has 0 amide bonds. The zero-order chi connectivity index (χ0) is 17.1. The molecule has 0 radical (unpaired) electrons. The van der Waals surface area contributed by atoms with Gasteiger partial charge in [0.25, 0.3) is 5.78 Å². The van der Waals surface area contributed by atoms with E-state index in [1.807, 2.05) is 13.0 Å². The maximum Gasteiger partial charge on any atom is 0.259 e. The lowest BCUT2D eigenvalue weighted by molar-refractivity contribution is 0.524. The molecule has 0 aliphatic heterocycles. The first kappa shape index (κ1) is 16.0. The van der Waals surface area contributed by atoms with Crippen LogP contribution in [0.15, 0.2) is 35.0 Å². The van der Waals surface area contributed by atoms with Crippen molar-refractivity contribution in [3.8, 4) is 11.6 Å². The lowest BCUT2D eigenvalue weighted by atomic mass is 10.0. The van der Waals surface area contributed by atoms with Gasteiger partial charge in [0.05, 0.1) is 6.26 Å². The van der Waals surface area contributed by atoms with E-state index < -0.39 is 0 Å². The Hall–Kier alpha value is -2.90. The number of allylic oxidation sites excluding steroid dienone is 1. The van der Waals surface area contributed by atoms with Gasteiger partial charge in [0, 0.05) is 6.04 Å². The van der Waals surface area contributed by atoms with Gasteiger partial charge in [0.2, 0.25) is 17.7 Å². The number of nitrogens with zero attached hydrogens (tertiary/aromatic N) is 5. The fraction of sp³-hybridized carbons (Fsp3) is 0.375. The Balaban J connectivity index is 1.92. The summed E-state index contributed by atoms with van der Waals surface area (Å²) in [7, 11) is 0. The molecule has 1 atom stereocenters. The van der Waals surface area contributed by atoms with Gasteiger partial charge in [-0.3, -0.25) is 0 Å². The minimum atomic E-state index is 0.204. The lowest BCUT2D eigenvalue weighted by Crippen LogP contribution is -2.26. The van der Waals surface area contributed by atoms with E-state index >= 15 is 0 Å². The van der Waals surface area contributed by atoms with Crippen LogP contribution < -0.4 is 11.1 Å². The highest BCUT2D eigenvalue weighted by Crippen LogP contribution is 2.19. The molecule has 3 aromatic rings. The SMILES string of the molecule is C/C=C\CC(Nc1nc(N)n2nc(-c3ccco3)nc2n1)C(C)C. The summed E-state index contributed by atoms with van der Waals surface area (Å²) in [6.07, 6.45) is 6.60. The van der Waals surface area contributed by atoms with Crippen molar-refractivity contribution in [1.82, 2.24) is 24.6 Å². The molecule has 0 aliphatic rings. The number of hydrogen-bond acceptors (Lipinski definition) is 7. The van der Waals surface area contributed by atoms with Crippen LogP contribution in [0.25, 0.3) is 17.4 Å². The van der Waals surface area contributed by atoms with Crippen molar-refractivity contribution in [2.24, 2.45) is 5.92 Å². The van der Waals surface area contributed by atoms with Crippen LogP contribution in [0.1, 0.15) is 27.2 Å². The number of nitrogen functional groups attached to an aromatic ring is 1. The van der Waals surface area contributed by atoms with Crippen molar-refractivity contribution in [3.63, 3.8) is 0 Å². The third-order valence-corrected chi connectivity index (χ3v) is 3.72. The Labute approximate surface area is 139 Å². The van der Waals surface area contributed by atoms with Crippen molar-refractivity contribution in [2.45, 2.75) is 33.2 Å². The zero-order valence-corrected chi connectivity index (χ0v) is 14.0. The van der Waals surface area contributed by atoms with Gasteiger partial charge in [0.1, 0.15) is 0 Å². The number of anilines is 2. The molecular weight excluding hydrogens is 306 g/mol. The molecule has 0 fully saturated rings. The standard InChI is InChI=1S/C16H21N7O/c1-4-5-7-11(10(2)3)18-15-20-14(17)23-16(21-15)19-13(22-23)12-8-6-9-24-12/h4-6,8-11H,7H2,1-3H3,(H3,17,18,19,20,21,22)/b5-4-. The van der Waals surface area contributed by atoms with Crippen LogP contribution in [0.5, 0.6) is 0 Å². The van der Waals surface area contributed by atoms with Gasteiger partial charge in [-0.2, -0.15) is 19.5 Å². The van der Waals surface area contributed by atoms with Crippen molar-refractivity contribution in [1.29, 1.82) is 0 Å². The molecule has 0 aromatic carbocycles. The fourth-order valence-corrected chi connectivity index (χ4v) is 2.33. The van der Waals surface area contributed by atoms with Gasteiger partial charge in [-0.1, -0.05) is 26.0 Å². The predicted octanol–water partition coefficient (Wildman–Crippen LogP) is 2.76. The number of fused-ring (bicyclic) bond motifs is 1. The first-order valence-corrected chi connectivity index (χ1v) is 7.90. The number of aromatic nitrogens is 5. The Morgan fingerprint density at radius 1 is 1.33 bits per heavy atom. The average molecular weight is 327 g/mol. The summed E-state index contributed by atoms with van der Waals surface area (Å²) >= 11 is 0. The van der Waals surface area contributed by atoms with Crippen molar-refractivity contribution >= 4 is 17.7 Å². The van der Waals surface area contributed by atoms with Crippen LogP contribution in [0.3, 0.4) is 0 Å². The van der Waals surface area contributed by atoms with Crippen LogP contribution in [0.4, 0.5) is 11.9 Å². The predicted molar refractivity (Wildman–Crippen MR) is 92.4 cm³/mol. The Morgan fingerprint density at radius 2 is 2.17 bits per heavy atom. The topological polar surface area (TPSA) is 107 Å². The third kappa shape index (κ3) is 3.22. The first-order chi connectivity index (χ1) is 11.6. The van der Waals surface area contributed by atoms with E-state index in [0.29, 0.717) is 29.2 Å². The van der Waals surface area contributed by atoms with Crippen molar-refractivity contribution in [2.75, 3.05) is 11.1 Å². The normalized spacial score (nSPS) is 13.2. The summed E-state index contributed by atoms with van der Waals surface area (Å²) < 4.78 is 6.71. The van der Waals surface area contributed by atoms with E-state index in [1.165, 1.54) is 4.52 Å². The molecule has 1 unspecified atom stereocenters. The summed E-state index contributed by atoms with van der Waals surface area (Å²) in [6.45, 7) is 6.30. The summed E-state index contributed by atoms with van der Waals surface area (Å²) in [5.74, 6) is 2.45. The molecule has 0 spiro atoms. The molecule has 8 nitrogen and oxygen atoms in total. The van der Waals surface area contributed by atoms with E-state index in [1.54, 1.807) is 18.4 Å². The monoisotopic (exact) mass is 327 g/mol. The molecule has 126 valence electrons. The Morgan fingerprint density at radius 3 is 2.83 bits per heavy atom. The minimum Gasteiger partial charge on any atom is -0.461 e. The third-order valence-electron chi connectivity index (χ3n) is 3.72. The highest BCUT2D eigenvalue weighted by Gasteiger charge is 2.17. The molecule has 3 aromatic heterocycles. The van der Waals surface area contributed by atoms with Gasteiger partial charge in [-0.15, -0.1) is 5.10 Å². The molecule has 0 aliphatic carbocycles. The number of nitrogens with one attached hydrogen (secondary N) is 1. The summed E-state index contributed by atoms with van der Waals surface area (Å²) in [4.78, 5) is 13.1. The van der Waals surface area contributed by atoms with E-state index in [0.717, 1.165) is 6.42 Å².